The molecule has 0 spiro atoms. The Hall–Kier alpha value is -2.35. The van der Waals surface area contributed by atoms with Gasteiger partial charge in [0.15, 0.2) is 0 Å². The first-order chi connectivity index (χ1) is 11.3. The van der Waals surface area contributed by atoms with Gasteiger partial charge in [-0.25, -0.2) is 9.97 Å². The van der Waals surface area contributed by atoms with E-state index in [1.165, 1.54) is 18.5 Å². The number of rotatable bonds is 5. The zero-order chi connectivity index (χ0) is 17.7. The van der Waals surface area contributed by atoms with Crippen molar-refractivity contribution in [3.05, 3.63) is 46.9 Å². The van der Waals surface area contributed by atoms with E-state index >= 15 is 0 Å². The van der Waals surface area contributed by atoms with E-state index in [0.717, 1.165) is 18.6 Å². The lowest BCUT2D eigenvalue weighted by Gasteiger charge is -2.14. The average Bonchev–Trinajstić information content (AvgIpc) is 2.54. The molecule has 0 aliphatic carbocycles. The highest BCUT2D eigenvalue weighted by molar-refractivity contribution is 6.30. The molecule has 0 atom stereocenters. The van der Waals surface area contributed by atoms with Gasteiger partial charge in [-0.1, -0.05) is 18.5 Å². The molecule has 0 bridgehead atoms. The fourth-order valence-corrected chi connectivity index (χ4v) is 2.05. The van der Waals surface area contributed by atoms with Crippen molar-refractivity contribution in [2.24, 2.45) is 0 Å². The predicted molar refractivity (Wildman–Crippen MR) is 85.2 cm³/mol. The highest BCUT2D eigenvalue weighted by Gasteiger charge is 2.34. The monoisotopic (exact) mass is 358 g/mol. The van der Waals surface area contributed by atoms with E-state index in [2.05, 4.69) is 20.6 Å². The van der Waals surface area contributed by atoms with Crippen LogP contribution in [0.25, 0.3) is 0 Å². The quantitative estimate of drug-likeness (QED) is 0.839. The van der Waals surface area contributed by atoms with E-state index in [1.54, 1.807) is 0 Å². The molecule has 0 saturated heterocycles. The molecule has 0 saturated carbocycles. The van der Waals surface area contributed by atoms with Crippen molar-refractivity contribution in [3.8, 4) is 0 Å². The zero-order valence-corrected chi connectivity index (χ0v) is 13.4. The van der Waals surface area contributed by atoms with Crippen LogP contribution in [0.3, 0.4) is 0 Å². The number of benzene rings is 1. The summed E-state index contributed by atoms with van der Waals surface area (Å²) >= 11 is 5.60. The lowest BCUT2D eigenvalue weighted by atomic mass is 10.1. The fourth-order valence-electron chi connectivity index (χ4n) is 1.88. The molecule has 9 heteroatoms. The minimum absolute atomic E-state index is 0.0494. The summed E-state index contributed by atoms with van der Waals surface area (Å²) in [6.45, 7) is 2.61. The second kappa shape index (κ2) is 7.48. The molecule has 2 rings (SSSR count). The van der Waals surface area contributed by atoms with Gasteiger partial charge < -0.3 is 10.6 Å². The van der Waals surface area contributed by atoms with Crippen LogP contribution < -0.4 is 10.6 Å². The Morgan fingerprint density at radius 3 is 2.67 bits per heavy atom. The summed E-state index contributed by atoms with van der Waals surface area (Å²) in [5.41, 5.74) is -1.47. The smallest absolute Gasteiger partial charge is 0.370 e. The number of halogens is 4. The minimum atomic E-state index is -4.65. The number of hydrogen-bond donors (Lipinski definition) is 2. The van der Waals surface area contributed by atoms with Crippen molar-refractivity contribution in [2.75, 3.05) is 17.2 Å². The topological polar surface area (TPSA) is 66.9 Å². The number of nitrogens with one attached hydrogen (secondary N) is 2. The standard InChI is InChI=1S/C15H14ClF3N4O/c1-2-5-20-13-7-12(21-8-22-13)14(24)23-11-4-3-9(16)6-10(11)15(17,18)19/h3-4,6-8H,2,5H2,1H3,(H,23,24)(H,20,21,22). The number of carbonyl (C=O) groups is 1. The van der Waals surface area contributed by atoms with Crippen molar-refractivity contribution in [1.82, 2.24) is 9.97 Å². The van der Waals surface area contributed by atoms with Gasteiger partial charge >= 0.3 is 6.18 Å². The third-order valence-corrected chi connectivity index (χ3v) is 3.23. The van der Waals surface area contributed by atoms with Crippen LogP contribution in [0.1, 0.15) is 29.4 Å². The largest absolute Gasteiger partial charge is 0.418 e. The summed E-state index contributed by atoms with van der Waals surface area (Å²) < 4.78 is 39.1. The van der Waals surface area contributed by atoms with Crippen molar-refractivity contribution in [3.63, 3.8) is 0 Å². The summed E-state index contributed by atoms with van der Waals surface area (Å²) in [6.07, 6.45) is -2.63. The third kappa shape index (κ3) is 4.58. The molecule has 0 fully saturated rings. The molecular weight excluding hydrogens is 345 g/mol. The number of nitrogens with zero attached hydrogens (tertiary/aromatic N) is 2. The van der Waals surface area contributed by atoms with Gasteiger partial charge in [0, 0.05) is 17.6 Å². The molecule has 1 heterocycles. The van der Waals surface area contributed by atoms with Gasteiger partial charge in [0.1, 0.15) is 17.8 Å². The van der Waals surface area contributed by atoms with Gasteiger partial charge in [-0.15, -0.1) is 0 Å². The van der Waals surface area contributed by atoms with Crippen molar-refractivity contribution >= 4 is 29.0 Å². The fraction of sp³-hybridized carbons (Fsp3) is 0.267. The van der Waals surface area contributed by atoms with Crippen LogP contribution >= 0.6 is 11.6 Å². The molecule has 0 aliphatic heterocycles. The second-order valence-corrected chi connectivity index (χ2v) is 5.29. The maximum Gasteiger partial charge on any atom is 0.418 e. The van der Waals surface area contributed by atoms with E-state index in [1.807, 2.05) is 6.92 Å². The Bertz CT molecular complexity index is 737. The highest BCUT2D eigenvalue weighted by Crippen LogP contribution is 2.36. The molecule has 1 amide bonds. The van der Waals surface area contributed by atoms with Gasteiger partial charge in [0.2, 0.25) is 0 Å². The molecule has 2 N–H and O–H groups in total. The lowest BCUT2D eigenvalue weighted by Crippen LogP contribution is -2.18. The molecule has 2 aromatic rings. The molecule has 0 aliphatic rings. The Morgan fingerprint density at radius 1 is 1.25 bits per heavy atom. The molecule has 1 aromatic heterocycles. The van der Waals surface area contributed by atoms with Gasteiger partial charge in [0.25, 0.3) is 5.91 Å². The van der Waals surface area contributed by atoms with Crippen LogP contribution in [-0.4, -0.2) is 22.4 Å². The number of carbonyl (C=O) groups excluding carboxylic acids is 1. The maximum absolute atomic E-state index is 13.0. The first kappa shape index (κ1) is 18.0. The van der Waals surface area contributed by atoms with E-state index in [0.29, 0.717) is 12.4 Å². The number of alkyl halides is 3. The van der Waals surface area contributed by atoms with Crippen LogP contribution in [0.5, 0.6) is 0 Å². The SMILES string of the molecule is CCCNc1cc(C(=O)Nc2ccc(Cl)cc2C(F)(F)F)ncn1. The van der Waals surface area contributed by atoms with Crippen LogP contribution in [0, 0.1) is 0 Å². The van der Waals surface area contributed by atoms with Crippen molar-refractivity contribution < 1.29 is 18.0 Å². The van der Waals surface area contributed by atoms with Gasteiger partial charge in [0.05, 0.1) is 11.3 Å². The highest BCUT2D eigenvalue weighted by atomic mass is 35.5. The number of hydrogen-bond acceptors (Lipinski definition) is 4. The first-order valence-corrected chi connectivity index (χ1v) is 7.43. The molecule has 0 radical (unpaired) electrons. The van der Waals surface area contributed by atoms with E-state index in [-0.39, 0.29) is 10.7 Å². The lowest BCUT2D eigenvalue weighted by molar-refractivity contribution is -0.136. The molecular formula is C15H14ClF3N4O. The summed E-state index contributed by atoms with van der Waals surface area (Å²) in [5, 5.41) is 5.10. The normalized spacial score (nSPS) is 11.2. The minimum Gasteiger partial charge on any atom is -0.370 e. The van der Waals surface area contributed by atoms with E-state index < -0.39 is 23.3 Å². The van der Waals surface area contributed by atoms with Crippen LogP contribution in [0.2, 0.25) is 5.02 Å². The molecule has 0 unspecified atom stereocenters. The summed E-state index contributed by atoms with van der Waals surface area (Å²) in [5.74, 6) is -0.353. The van der Waals surface area contributed by atoms with E-state index in [4.69, 9.17) is 11.6 Å². The van der Waals surface area contributed by atoms with Crippen LogP contribution in [0.4, 0.5) is 24.7 Å². The van der Waals surface area contributed by atoms with Gasteiger partial charge in [-0.2, -0.15) is 13.2 Å². The number of amides is 1. The van der Waals surface area contributed by atoms with Crippen molar-refractivity contribution in [1.29, 1.82) is 0 Å². The van der Waals surface area contributed by atoms with Crippen LogP contribution in [-0.2, 0) is 6.18 Å². The number of aromatic nitrogens is 2. The summed E-state index contributed by atoms with van der Waals surface area (Å²) in [6, 6.07) is 4.49. The molecule has 1 aromatic carbocycles. The van der Waals surface area contributed by atoms with Crippen LogP contribution in [0.15, 0.2) is 30.6 Å². The summed E-state index contributed by atoms with van der Waals surface area (Å²) in [7, 11) is 0. The Balaban J connectivity index is 2.24. The zero-order valence-electron chi connectivity index (χ0n) is 12.6. The molecule has 128 valence electrons. The van der Waals surface area contributed by atoms with E-state index in [9.17, 15) is 18.0 Å². The third-order valence-electron chi connectivity index (χ3n) is 2.99. The Morgan fingerprint density at radius 2 is 2.00 bits per heavy atom. The Labute approximate surface area is 141 Å². The predicted octanol–water partition coefficient (Wildman–Crippen LogP) is 4.22. The molecule has 5 nitrogen and oxygen atoms in total. The Kier molecular flexibility index (Phi) is 5.61. The molecule has 24 heavy (non-hydrogen) atoms. The van der Waals surface area contributed by atoms with Gasteiger partial charge in [-0.3, -0.25) is 4.79 Å². The van der Waals surface area contributed by atoms with Gasteiger partial charge in [-0.05, 0) is 24.6 Å². The average molecular weight is 359 g/mol. The maximum atomic E-state index is 13.0. The second-order valence-electron chi connectivity index (χ2n) is 4.86. The first-order valence-electron chi connectivity index (χ1n) is 7.05. The van der Waals surface area contributed by atoms with Crippen molar-refractivity contribution in [2.45, 2.75) is 19.5 Å². The number of anilines is 2. The summed E-state index contributed by atoms with van der Waals surface area (Å²) in [4.78, 5) is 19.9.